The summed E-state index contributed by atoms with van der Waals surface area (Å²) in [5.74, 6) is 1.11. The number of nitrogens with zero attached hydrogens (tertiary/aromatic N) is 3. The van der Waals surface area contributed by atoms with Crippen molar-refractivity contribution in [1.82, 2.24) is 25.4 Å². The second-order valence-corrected chi connectivity index (χ2v) is 9.67. The third-order valence-corrected chi connectivity index (χ3v) is 6.94. The van der Waals surface area contributed by atoms with Crippen molar-refractivity contribution in [3.05, 3.63) is 47.7 Å². The summed E-state index contributed by atoms with van der Waals surface area (Å²) in [7, 11) is 0. The van der Waals surface area contributed by atoms with Gasteiger partial charge in [-0.3, -0.25) is 19.7 Å². The Morgan fingerprint density at radius 1 is 1.31 bits per heavy atom. The molecule has 3 aromatic rings. The van der Waals surface area contributed by atoms with Crippen LogP contribution in [0.5, 0.6) is 0 Å². The molecule has 1 spiro atoms. The van der Waals surface area contributed by atoms with Crippen LogP contribution in [0, 0.1) is 17.3 Å². The molecule has 32 heavy (non-hydrogen) atoms. The molecule has 2 amide bonds. The number of pyridine rings is 1. The molecular weight excluding hydrogens is 406 g/mol. The number of fused-ring (bicyclic) bond motifs is 1. The highest BCUT2D eigenvalue weighted by Crippen LogP contribution is 2.59. The smallest absolute Gasteiger partial charge is 0.287 e. The van der Waals surface area contributed by atoms with Crippen molar-refractivity contribution in [1.29, 1.82) is 0 Å². The first-order valence-corrected chi connectivity index (χ1v) is 11.4. The average Bonchev–Trinajstić information content (AvgIpc) is 3.11. The van der Waals surface area contributed by atoms with Gasteiger partial charge in [0.15, 0.2) is 11.3 Å². The van der Waals surface area contributed by atoms with Gasteiger partial charge in [-0.1, -0.05) is 13.8 Å². The monoisotopic (exact) mass is 435 g/mol. The molecule has 1 aliphatic carbocycles. The molecule has 1 saturated heterocycles. The fourth-order valence-electron chi connectivity index (χ4n) is 4.96. The van der Waals surface area contributed by atoms with Crippen molar-refractivity contribution in [2.24, 2.45) is 17.3 Å². The van der Waals surface area contributed by atoms with Gasteiger partial charge in [0.25, 0.3) is 11.8 Å². The first-order valence-electron chi connectivity index (χ1n) is 11.4. The summed E-state index contributed by atoms with van der Waals surface area (Å²) in [5, 5.41) is 11.1. The highest BCUT2D eigenvalue weighted by Gasteiger charge is 2.54. The van der Waals surface area contributed by atoms with Crippen molar-refractivity contribution < 1.29 is 14.0 Å². The van der Waals surface area contributed by atoms with Crippen molar-refractivity contribution >= 4 is 22.8 Å². The zero-order valence-corrected chi connectivity index (χ0v) is 18.6. The predicted molar refractivity (Wildman–Crippen MR) is 119 cm³/mol. The normalized spacial score (nSPS) is 19.6. The maximum atomic E-state index is 12.8. The number of piperidine rings is 1. The van der Waals surface area contributed by atoms with Gasteiger partial charge in [0, 0.05) is 36.9 Å². The number of hydrogen-bond acceptors (Lipinski definition) is 5. The van der Waals surface area contributed by atoms with E-state index >= 15 is 0 Å². The highest BCUT2D eigenvalue weighted by atomic mass is 16.3. The molecule has 1 unspecified atom stereocenters. The lowest BCUT2D eigenvalue weighted by atomic mass is 9.90. The molecule has 4 heterocycles. The summed E-state index contributed by atoms with van der Waals surface area (Å²) in [4.78, 5) is 31.3. The Hall–Kier alpha value is -3.16. The molecular formula is C24H29N5O3. The summed E-state index contributed by atoms with van der Waals surface area (Å²) < 4.78 is 5.60. The van der Waals surface area contributed by atoms with Gasteiger partial charge < -0.3 is 14.6 Å². The Morgan fingerprint density at radius 3 is 2.88 bits per heavy atom. The minimum atomic E-state index is -0.188. The van der Waals surface area contributed by atoms with E-state index in [1.165, 1.54) is 0 Å². The summed E-state index contributed by atoms with van der Waals surface area (Å²) >= 11 is 0. The van der Waals surface area contributed by atoms with Crippen molar-refractivity contribution in [3.63, 3.8) is 0 Å². The quantitative estimate of drug-likeness (QED) is 0.617. The standard InChI is InChI=1S/C24H29N5O3/c1-15(2)9-18-11-19(28-27-18)23(31)29-7-4-24(5-8-29)12-17(24)13-26-22(30)20-10-16-3-6-25-14-21(16)32-20/h3,6,10-11,14-15,17H,4-5,7-9,12-13H2,1-2H3,(H,26,30)(H,27,28). The van der Waals surface area contributed by atoms with Crippen LogP contribution in [0.2, 0.25) is 0 Å². The van der Waals surface area contributed by atoms with Gasteiger partial charge in [0.1, 0.15) is 5.69 Å². The van der Waals surface area contributed by atoms with Gasteiger partial charge in [0.05, 0.1) is 6.20 Å². The van der Waals surface area contributed by atoms with Crippen LogP contribution >= 0.6 is 0 Å². The summed E-state index contributed by atoms with van der Waals surface area (Å²) in [6.07, 6.45) is 7.23. The van der Waals surface area contributed by atoms with E-state index in [0.29, 0.717) is 35.4 Å². The Kier molecular flexibility index (Phi) is 5.23. The van der Waals surface area contributed by atoms with E-state index in [1.54, 1.807) is 18.5 Å². The number of aromatic nitrogens is 3. The summed E-state index contributed by atoms with van der Waals surface area (Å²) in [5.41, 5.74) is 2.38. The lowest BCUT2D eigenvalue weighted by molar-refractivity contribution is 0.0662. The predicted octanol–water partition coefficient (Wildman–Crippen LogP) is 3.42. The second-order valence-electron chi connectivity index (χ2n) is 9.67. The topological polar surface area (TPSA) is 104 Å². The molecule has 5 rings (SSSR count). The number of likely N-dealkylation sites (tertiary alicyclic amines) is 1. The van der Waals surface area contributed by atoms with Gasteiger partial charge in [0.2, 0.25) is 0 Å². The molecule has 1 saturated carbocycles. The summed E-state index contributed by atoms with van der Waals surface area (Å²) in [6, 6.07) is 5.46. The maximum absolute atomic E-state index is 12.8. The molecule has 2 fully saturated rings. The first-order chi connectivity index (χ1) is 15.4. The second kappa shape index (κ2) is 8.07. The molecule has 2 aliphatic rings. The van der Waals surface area contributed by atoms with Gasteiger partial charge >= 0.3 is 0 Å². The van der Waals surface area contributed by atoms with Gasteiger partial charge in [-0.15, -0.1) is 0 Å². The molecule has 2 N–H and O–H groups in total. The number of nitrogens with one attached hydrogen (secondary N) is 2. The van der Waals surface area contributed by atoms with Crippen molar-refractivity contribution in [2.45, 2.75) is 39.5 Å². The SMILES string of the molecule is CC(C)Cc1cc(C(=O)N2CCC3(CC2)CC3CNC(=O)c2cc3ccncc3o2)n[nH]1. The Morgan fingerprint density at radius 2 is 2.12 bits per heavy atom. The molecule has 168 valence electrons. The third-order valence-electron chi connectivity index (χ3n) is 6.94. The van der Waals surface area contributed by atoms with E-state index in [9.17, 15) is 9.59 Å². The lowest BCUT2D eigenvalue weighted by Gasteiger charge is -2.32. The molecule has 1 aliphatic heterocycles. The maximum Gasteiger partial charge on any atom is 0.287 e. The number of carbonyl (C=O) groups excluding carboxylic acids is 2. The van der Waals surface area contributed by atoms with E-state index in [2.05, 4.69) is 34.3 Å². The van der Waals surface area contributed by atoms with Gasteiger partial charge in [-0.2, -0.15) is 5.10 Å². The van der Waals surface area contributed by atoms with Crippen molar-refractivity contribution in [3.8, 4) is 0 Å². The zero-order valence-electron chi connectivity index (χ0n) is 18.6. The number of rotatable bonds is 6. The number of carbonyl (C=O) groups is 2. The lowest BCUT2D eigenvalue weighted by Crippen LogP contribution is -2.40. The number of furan rings is 1. The van der Waals surface area contributed by atoms with Crippen LogP contribution in [0.3, 0.4) is 0 Å². The minimum Gasteiger partial charge on any atom is -0.449 e. The Balaban J connectivity index is 1.11. The van der Waals surface area contributed by atoms with Gasteiger partial charge in [-0.25, -0.2) is 0 Å². The molecule has 8 nitrogen and oxygen atoms in total. The molecule has 0 radical (unpaired) electrons. The van der Waals surface area contributed by atoms with Crippen LogP contribution in [0.1, 0.15) is 59.8 Å². The van der Waals surface area contributed by atoms with E-state index < -0.39 is 0 Å². The molecule has 0 bridgehead atoms. The number of aromatic amines is 1. The van der Waals surface area contributed by atoms with E-state index in [4.69, 9.17) is 4.42 Å². The fraction of sp³-hybridized carbons (Fsp3) is 0.500. The largest absolute Gasteiger partial charge is 0.449 e. The van der Waals surface area contributed by atoms with Crippen LogP contribution in [0.15, 0.2) is 35.0 Å². The van der Waals surface area contributed by atoms with Crippen LogP contribution in [0.4, 0.5) is 0 Å². The molecule has 8 heteroatoms. The minimum absolute atomic E-state index is 0.0102. The molecule has 0 aromatic carbocycles. The number of hydrogen-bond donors (Lipinski definition) is 2. The average molecular weight is 436 g/mol. The van der Waals surface area contributed by atoms with E-state index in [-0.39, 0.29) is 17.2 Å². The summed E-state index contributed by atoms with van der Waals surface area (Å²) in [6.45, 7) is 6.42. The van der Waals surface area contributed by atoms with Crippen LogP contribution in [-0.2, 0) is 6.42 Å². The van der Waals surface area contributed by atoms with Crippen LogP contribution in [-0.4, -0.2) is 51.5 Å². The molecule has 1 atom stereocenters. The van der Waals surface area contributed by atoms with Crippen LogP contribution in [0.25, 0.3) is 11.0 Å². The van der Waals surface area contributed by atoms with Crippen LogP contribution < -0.4 is 5.32 Å². The third kappa shape index (κ3) is 4.01. The van der Waals surface area contributed by atoms with Gasteiger partial charge in [-0.05, 0) is 61.1 Å². The Labute approximate surface area is 186 Å². The number of amides is 2. The first kappa shape index (κ1) is 20.7. The van der Waals surface area contributed by atoms with E-state index in [0.717, 1.165) is 49.9 Å². The fourth-order valence-corrected chi connectivity index (χ4v) is 4.96. The van der Waals surface area contributed by atoms with Crippen molar-refractivity contribution in [2.75, 3.05) is 19.6 Å². The zero-order chi connectivity index (χ0) is 22.3. The molecule has 3 aromatic heterocycles. The Bertz CT molecular complexity index is 1110. The highest BCUT2D eigenvalue weighted by molar-refractivity contribution is 5.96. The number of H-pyrrole nitrogens is 1. The van der Waals surface area contributed by atoms with E-state index in [1.807, 2.05) is 17.0 Å².